The lowest BCUT2D eigenvalue weighted by atomic mass is 9.95. The second-order valence-corrected chi connectivity index (χ2v) is 13.8. The molecule has 0 spiro atoms. The summed E-state index contributed by atoms with van der Waals surface area (Å²) in [6, 6.07) is 11.8. The number of hydrogen-bond donors (Lipinski definition) is 3. The van der Waals surface area contributed by atoms with Crippen molar-refractivity contribution in [1.29, 1.82) is 0 Å². The van der Waals surface area contributed by atoms with Crippen molar-refractivity contribution in [1.82, 2.24) is 25.3 Å². The predicted molar refractivity (Wildman–Crippen MR) is 182 cm³/mol. The van der Waals surface area contributed by atoms with Gasteiger partial charge in [0.05, 0.1) is 17.7 Å². The van der Waals surface area contributed by atoms with Crippen LogP contribution in [0.4, 0.5) is 32.0 Å². The van der Waals surface area contributed by atoms with E-state index in [9.17, 15) is 35.9 Å². The number of hydrogen-bond acceptors (Lipinski definition) is 7. The van der Waals surface area contributed by atoms with Gasteiger partial charge in [-0.15, -0.1) is 0 Å². The van der Waals surface area contributed by atoms with Gasteiger partial charge in [0.25, 0.3) is 5.91 Å². The fraction of sp³-hybridized carbons (Fsp3) is 0.500. The molecule has 11 nitrogen and oxygen atoms in total. The maximum Gasteiger partial charge on any atom is 0.490 e. The number of rotatable bonds is 9. The van der Waals surface area contributed by atoms with Gasteiger partial charge in [-0.2, -0.15) is 31.4 Å². The average Bonchev–Trinajstić information content (AvgIpc) is 3.81. The molecule has 2 saturated heterocycles. The highest BCUT2D eigenvalue weighted by molar-refractivity contribution is 5.85. The Morgan fingerprint density at radius 2 is 1.66 bits per heavy atom. The predicted octanol–water partition coefficient (Wildman–Crippen LogP) is 5.73. The van der Waals surface area contributed by atoms with Gasteiger partial charge in [-0.25, -0.2) is 4.79 Å². The number of piperazine rings is 1. The number of aromatic nitrogens is 2. The van der Waals surface area contributed by atoms with E-state index in [0.717, 1.165) is 50.7 Å². The Balaban J connectivity index is 0.000000705. The van der Waals surface area contributed by atoms with E-state index in [2.05, 4.69) is 20.4 Å². The topological polar surface area (TPSA) is 131 Å². The molecule has 3 heterocycles. The van der Waals surface area contributed by atoms with Crippen LogP contribution >= 0.6 is 0 Å². The zero-order chi connectivity index (χ0) is 38.6. The van der Waals surface area contributed by atoms with E-state index in [1.807, 2.05) is 29.2 Å². The molecule has 2 amide bonds. The highest BCUT2D eigenvalue weighted by atomic mass is 19.4. The smallest absolute Gasteiger partial charge is 0.478 e. The molecule has 1 atom stereocenters. The van der Waals surface area contributed by atoms with Crippen LogP contribution in [0, 0.1) is 5.92 Å². The summed E-state index contributed by atoms with van der Waals surface area (Å²) in [5, 5.41) is 16.9. The van der Waals surface area contributed by atoms with Gasteiger partial charge in [0.2, 0.25) is 5.91 Å². The van der Waals surface area contributed by atoms with Crippen LogP contribution in [0.1, 0.15) is 50.7 Å². The number of carboxylic acid groups (broad SMARTS) is 1. The molecule has 3 fully saturated rings. The first-order chi connectivity index (χ1) is 24.9. The summed E-state index contributed by atoms with van der Waals surface area (Å²) in [5.41, 5.74) is 0.180. The van der Waals surface area contributed by atoms with Crippen LogP contribution in [0.15, 0.2) is 54.9 Å². The number of nitrogens with zero attached hydrogens (tertiary/aromatic N) is 4. The molecule has 53 heavy (non-hydrogen) atoms. The van der Waals surface area contributed by atoms with Crippen molar-refractivity contribution in [2.24, 2.45) is 5.92 Å². The number of H-pyrrole nitrogens is 1. The van der Waals surface area contributed by atoms with E-state index in [1.54, 1.807) is 31.0 Å². The summed E-state index contributed by atoms with van der Waals surface area (Å²) >= 11 is 0. The third kappa shape index (κ3) is 10.2. The molecule has 0 radical (unpaired) electrons. The lowest BCUT2D eigenvalue weighted by molar-refractivity contribution is -0.192. The molecular weight excluding hydrogens is 710 g/mol. The molecule has 0 bridgehead atoms. The largest absolute Gasteiger partial charge is 0.490 e. The highest BCUT2D eigenvalue weighted by Crippen LogP contribution is 2.38. The number of piperidine rings is 1. The Labute approximate surface area is 302 Å². The average molecular weight is 753 g/mol. The van der Waals surface area contributed by atoms with Crippen LogP contribution in [0.5, 0.6) is 5.75 Å². The van der Waals surface area contributed by atoms with Crippen LogP contribution in [0.2, 0.25) is 0 Å². The van der Waals surface area contributed by atoms with Crippen molar-refractivity contribution in [3.63, 3.8) is 0 Å². The maximum atomic E-state index is 14.2. The molecule has 2 aromatic carbocycles. The van der Waals surface area contributed by atoms with Crippen molar-refractivity contribution < 1.29 is 50.6 Å². The number of benzene rings is 2. The van der Waals surface area contributed by atoms with Gasteiger partial charge in [0.1, 0.15) is 5.75 Å². The Morgan fingerprint density at radius 3 is 2.26 bits per heavy atom. The van der Waals surface area contributed by atoms with Crippen molar-refractivity contribution >= 4 is 23.5 Å². The van der Waals surface area contributed by atoms with E-state index in [4.69, 9.17) is 14.6 Å². The number of carbonyl (C=O) groups excluding carboxylic acids is 2. The normalized spacial score (nSPS) is 18.2. The van der Waals surface area contributed by atoms with Gasteiger partial charge in [0.15, 0.2) is 5.60 Å². The summed E-state index contributed by atoms with van der Waals surface area (Å²) in [5.74, 6) is -2.70. The number of anilines is 1. The Morgan fingerprint density at radius 1 is 0.962 bits per heavy atom. The summed E-state index contributed by atoms with van der Waals surface area (Å²) in [6.07, 6.45) is -3.57. The van der Waals surface area contributed by atoms with E-state index in [1.165, 1.54) is 12.3 Å². The minimum atomic E-state index is -5.08. The molecule has 2 aliphatic heterocycles. The second kappa shape index (κ2) is 16.1. The van der Waals surface area contributed by atoms with Gasteiger partial charge in [-0.3, -0.25) is 14.7 Å². The molecular formula is C36H42F6N6O5. The first-order valence-corrected chi connectivity index (χ1v) is 17.3. The van der Waals surface area contributed by atoms with Gasteiger partial charge in [0, 0.05) is 75.4 Å². The molecule has 17 heteroatoms. The van der Waals surface area contributed by atoms with Crippen LogP contribution in [0.3, 0.4) is 0 Å². The van der Waals surface area contributed by atoms with Crippen molar-refractivity contribution in [3.05, 3.63) is 66.0 Å². The minimum Gasteiger partial charge on any atom is -0.478 e. The van der Waals surface area contributed by atoms with Crippen molar-refractivity contribution in [3.8, 4) is 16.9 Å². The number of carbonyl (C=O) groups is 3. The van der Waals surface area contributed by atoms with Crippen LogP contribution in [0.25, 0.3) is 11.1 Å². The number of alkyl halides is 6. The Bertz CT molecular complexity index is 1740. The molecule has 288 valence electrons. The van der Waals surface area contributed by atoms with Crippen LogP contribution in [-0.4, -0.2) is 100.0 Å². The fourth-order valence-corrected chi connectivity index (χ4v) is 6.50. The number of amides is 2. The molecule has 3 aliphatic rings. The summed E-state index contributed by atoms with van der Waals surface area (Å²) < 4.78 is 80.7. The molecule has 3 N–H and O–H groups in total. The minimum absolute atomic E-state index is 0.0512. The number of aromatic amines is 1. The summed E-state index contributed by atoms with van der Waals surface area (Å²) in [7, 11) is 0. The zero-order valence-corrected chi connectivity index (χ0v) is 29.3. The lowest BCUT2D eigenvalue weighted by Crippen LogP contribution is -2.54. The zero-order valence-electron chi connectivity index (χ0n) is 29.3. The van der Waals surface area contributed by atoms with E-state index in [-0.39, 0.29) is 35.9 Å². The molecule has 1 unspecified atom stereocenters. The molecule has 6 rings (SSSR count). The van der Waals surface area contributed by atoms with Crippen molar-refractivity contribution in [2.45, 2.75) is 70.1 Å². The third-order valence-corrected chi connectivity index (χ3v) is 9.35. The van der Waals surface area contributed by atoms with Gasteiger partial charge < -0.3 is 29.9 Å². The Kier molecular flexibility index (Phi) is 11.9. The molecule has 1 saturated carbocycles. The highest BCUT2D eigenvalue weighted by Gasteiger charge is 2.41. The quantitative estimate of drug-likeness (QED) is 0.237. The number of ether oxygens (including phenoxy) is 1. The Hall–Kier alpha value is -4.80. The number of carboxylic acids is 1. The molecule has 1 aromatic heterocycles. The van der Waals surface area contributed by atoms with Crippen LogP contribution in [-0.2, 0) is 27.1 Å². The first-order valence-electron chi connectivity index (χ1n) is 17.3. The summed E-state index contributed by atoms with van der Waals surface area (Å²) in [6.45, 7) is 7.47. The standard InChI is InChI=1S/C34H41F3N6O3.C2HF3O2/c1-33(2,32(45)41-15-12-38-13-16-41)46-29-7-3-6-28(18-29)42-14-4-5-25(21-42)31(44)43(27-10-11-27)22-24-9-8-23(26-19-39-40-20-26)17-30(24)34(35,36)37;3-2(4,5)1(6)7/h3,6-9,17-20,25,27,38H,4-5,10-16,21-22H2,1-2H3,(H,39,40);(H,6,7). The third-order valence-electron chi connectivity index (χ3n) is 9.35. The monoisotopic (exact) mass is 752 g/mol. The van der Waals surface area contributed by atoms with E-state index < -0.39 is 29.5 Å². The van der Waals surface area contributed by atoms with E-state index in [0.29, 0.717) is 42.9 Å². The number of halogens is 6. The number of nitrogens with one attached hydrogen (secondary N) is 2. The second-order valence-electron chi connectivity index (χ2n) is 13.8. The van der Waals surface area contributed by atoms with Crippen LogP contribution < -0.4 is 15.0 Å². The van der Waals surface area contributed by atoms with E-state index >= 15 is 0 Å². The maximum absolute atomic E-state index is 14.2. The first kappa shape index (κ1) is 39.4. The van der Waals surface area contributed by atoms with Crippen molar-refractivity contribution in [2.75, 3.05) is 44.2 Å². The lowest BCUT2D eigenvalue weighted by Gasteiger charge is -2.37. The molecule has 1 aliphatic carbocycles. The van der Waals surface area contributed by atoms with Gasteiger partial charge in [-0.05, 0) is 68.9 Å². The summed E-state index contributed by atoms with van der Waals surface area (Å²) in [4.78, 5) is 41.7. The molecule has 3 aromatic rings. The number of aliphatic carboxylic acids is 1. The SMILES string of the molecule is CC(C)(Oc1cccc(N2CCCC(C(=O)N(Cc3ccc(-c4cn[nH]c4)cc3C(F)(F)F)C3CC3)C2)c1)C(=O)N1CCNCC1.O=C(O)C(F)(F)F. The van der Waals surface area contributed by atoms with Gasteiger partial charge in [-0.1, -0.05) is 18.2 Å². The van der Waals surface area contributed by atoms with Gasteiger partial charge >= 0.3 is 18.3 Å². The fourth-order valence-electron chi connectivity index (χ4n) is 6.50.